The van der Waals surface area contributed by atoms with Crippen LogP contribution in [-0.2, 0) is 9.59 Å². The van der Waals surface area contributed by atoms with Crippen molar-refractivity contribution in [2.75, 3.05) is 26.2 Å². The smallest absolute Gasteiger partial charge is 0.303 e. The van der Waals surface area contributed by atoms with Crippen LogP contribution in [0, 0.1) is 11.3 Å². The molecule has 21 heavy (non-hydrogen) atoms. The van der Waals surface area contributed by atoms with E-state index >= 15 is 0 Å². The first-order chi connectivity index (χ1) is 10.1. The Morgan fingerprint density at radius 1 is 1.33 bits per heavy atom. The number of piperidine rings is 1. The number of likely N-dealkylation sites (tertiary alicyclic amines) is 1. The highest BCUT2D eigenvalue weighted by molar-refractivity contribution is 5.83. The normalized spacial score (nSPS) is 27.0. The number of hydrogen-bond donors (Lipinski definition) is 2. The number of nitrogens with one attached hydrogen (secondary N) is 1. The van der Waals surface area contributed by atoms with Crippen LogP contribution in [-0.4, -0.2) is 48.1 Å². The third kappa shape index (κ3) is 3.96. The zero-order valence-corrected chi connectivity index (χ0v) is 13.1. The average Bonchev–Trinajstić information content (AvgIpc) is 2.95. The van der Waals surface area contributed by atoms with E-state index in [9.17, 15) is 9.59 Å². The Morgan fingerprint density at radius 2 is 2.05 bits per heavy atom. The van der Waals surface area contributed by atoms with Gasteiger partial charge in [0.25, 0.3) is 0 Å². The summed E-state index contributed by atoms with van der Waals surface area (Å²) in [6.07, 6.45) is 5.88. The van der Waals surface area contributed by atoms with Crippen molar-refractivity contribution in [1.29, 1.82) is 0 Å². The van der Waals surface area contributed by atoms with Gasteiger partial charge in [0.15, 0.2) is 0 Å². The third-order valence-electron chi connectivity index (χ3n) is 5.09. The highest BCUT2D eigenvalue weighted by Crippen LogP contribution is 2.35. The maximum Gasteiger partial charge on any atom is 0.303 e. The molecule has 2 aliphatic rings. The fourth-order valence-corrected chi connectivity index (χ4v) is 3.81. The predicted molar refractivity (Wildman–Crippen MR) is 81.0 cm³/mol. The van der Waals surface area contributed by atoms with E-state index < -0.39 is 5.97 Å². The lowest BCUT2D eigenvalue weighted by Gasteiger charge is -2.38. The van der Waals surface area contributed by atoms with Crippen molar-refractivity contribution in [2.24, 2.45) is 11.3 Å². The molecule has 2 saturated heterocycles. The topological polar surface area (TPSA) is 69.6 Å². The molecular formula is C16H28N2O3. The van der Waals surface area contributed by atoms with Crippen LogP contribution in [0.4, 0.5) is 0 Å². The standard InChI is InChI=1S/C16H28N2O3/c1-2-7-16(8-9-17-12-16)15(21)18-10-5-13(6-11-18)3-4-14(19)20/h13,17H,2-12H2,1H3,(H,19,20). The van der Waals surface area contributed by atoms with Crippen LogP contribution in [0.25, 0.3) is 0 Å². The molecule has 2 heterocycles. The van der Waals surface area contributed by atoms with E-state index in [0.29, 0.717) is 11.8 Å². The van der Waals surface area contributed by atoms with Gasteiger partial charge in [-0.2, -0.15) is 0 Å². The lowest BCUT2D eigenvalue weighted by molar-refractivity contribution is -0.143. The molecule has 5 heteroatoms. The molecule has 1 amide bonds. The summed E-state index contributed by atoms with van der Waals surface area (Å²) in [5, 5.41) is 12.1. The van der Waals surface area contributed by atoms with Gasteiger partial charge >= 0.3 is 5.97 Å². The number of carboxylic acid groups (broad SMARTS) is 1. The van der Waals surface area contributed by atoms with Crippen LogP contribution in [0.3, 0.4) is 0 Å². The van der Waals surface area contributed by atoms with Crippen molar-refractivity contribution in [3.8, 4) is 0 Å². The second-order valence-electron chi connectivity index (χ2n) is 6.63. The summed E-state index contributed by atoms with van der Waals surface area (Å²) in [6.45, 7) is 5.51. The van der Waals surface area contributed by atoms with Crippen LogP contribution in [0.2, 0.25) is 0 Å². The molecule has 0 aliphatic carbocycles. The minimum atomic E-state index is -0.715. The maximum atomic E-state index is 12.9. The average molecular weight is 296 g/mol. The molecule has 1 atom stereocenters. The second-order valence-corrected chi connectivity index (χ2v) is 6.63. The number of carbonyl (C=O) groups is 2. The second kappa shape index (κ2) is 7.25. The maximum absolute atomic E-state index is 12.9. The molecule has 2 N–H and O–H groups in total. The molecule has 120 valence electrons. The van der Waals surface area contributed by atoms with E-state index in [1.807, 2.05) is 4.90 Å². The Hall–Kier alpha value is -1.10. The van der Waals surface area contributed by atoms with Gasteiger partial charge in [-0.3, -0.25) is 9.59 Å². The number of amides is 1. The van der Waals surface area contributed by atoms with Gasteiger partial charge in [0.1, 0.15) is 0 Å². The number of aliphatic carboxylic acids is 1. The zero-order chi connectivity index (χ0) is 15.3. The summed E-state index contributed by atoms with van der Waals surface area (Å²) in [6, 6.07) is 0. The molecule has 5 nitrogen and oxygen atoms in total. The van der Waals surface area contributed by atoms with Crippen LogP contribution >= 0.6 is 0 Å². The van der Waals surface area contributed by atoms with Gasteiger partial charge in [-0.05, 0) is 44.6 Å². The Kier molecular flexibility index (Phi) is 5.62. The molecule has 0 aromatic heterocycles. The summed E-state index contributed by atoms with van der Waals surface area (Å²) in [5.74, 6) is 0.0763. The van der Waals surface area contributed by atoms with Gasteiger partial charge in [-0.25, -0.2) is 0 Å². The monoisotopic (exact) mass is 296 g/mol. The van der Waals surface area contributed by atoms with Gasteiger partial charge in [-0.15, -0.1) is 0 Å². The minimum absolute atomic E-state index is 0.178. The van der Waals surface area contributed by atoms with Crippen molar-refractivity contribution in [3.05, 3.63) is 0 Å². The van der Waals surface area contributed by atoms with Gasteiger partial charge < -0.3 is 15.3 Å². The Morgan fingerprint density at radius 3 is 2.57 bits per heavy atom. The third-order valence-corrected chi connectivity index (χ3v) is 5.09. The molecule has 0 radical (unpaired) electrons. The van der Waals surface area contributed by atoms with Gasteiger partial charge in [0, 0.05) is 26.1 Å². The van der Waals surface area contributed by atoms with E-state index in [1.54, 1.807) is 0 Å². The van der Waals surface area contributed by atoms with Gasteiger partial charge in [-0.1, -0.05) is 13.3 Å². The number of carbonyl (C=O) groups excluding carboxylic acids is 1. The first-order valence-electron chi connectivity index (χ1n) is 8.29. The first-order valence-corrected chi connectivity index (χ1v) is 8.29. The number of rotatable bonds is 6. The van der Waals surface area contributed by atoms with Crippen LogP contribution < -0.4 is 5.32 Å². The largest absolute Gasteiger partial charge is 0.481 e. The molecule has 0 spiro atoms. The van der Waals surface area contributed by atoms with Gasteiger partial charge in [0.2, 0.25) is 5.91 Å². The van der Waals surface area contributed by atoms with E-state index in [0.717, 1.165) is 64.7 Å². The van der Waals surface area contributed by atoms with Crippen molar-refractivity contribution in [3.63, 3.8) is 0 Å². The number of nitrogens with zero attached hydrogens (tertiary/aromatic N) is 1. The molecule has 2 aliphatic heterocycles. The molecule has 2 rings (SSSR count). The van der Waals surface area contributed by atoms with Crippen molar-refractivity contribution >= 4 is 11.9 Å². The van der Waals surface area contributed by atoms with Gasteiger partial charge in [0.05, 0.1) is 5.41 Å². The van der Waals surface area contributed by atoms with E-state index in [1.165, 1.54) is 0 Å². The molecule has 0 aromatic carbocycles. The predicted octanol–water partition coefficient (Wildman–Crippen LogP) is 1.87. The molecule has 0 bridgehead atoms. The van der Waals surface area contributed by atoms with Crippen LogP contribution in [0.1, 0.15) is 51.9 Å². The highest BCUT2D eigenvalue weighted by Gasteiger charge is 2.43. The summed E-state index contributed by atoms with van der Waals surface area (Å²) >= 11 is 0. The lowest BCUT2D eigenvalue weighted by atomic mass is 9.80. The van der Waals surface area contributed by atoms with Crippen molar-refractivity contribution in [2.45, 2.75) is 51.9 Å². The lowest BCUT2D eigenvalue weighted by Crippen LogP contribution is -2.48. The summed E-state index contributed by atoms with van der Waals surface area (Å²) < 4.78 is 0. The SMILES string of the molecule is CCCC1(C(=O)N2CCC(CCC(=O)O)CC2)CCNC1. The Balaban J connectivity index is 1.86. The van der Waals surface area contributed by atoms with Crippen molar-refractivity contribution in [1.82, 2.24) is 10.2 Å². The first kappa shape index (κ1) is 16.3. The fourth-order valence-electron chi connectivity index (χ4n) is 3.81. The summed E-state index contributed by atoms with van der Waals surface area (Å²) in [5.41, 5.74) is -0.178. The number of carboxylic acids is 1. The van der Waals surface area contributed by atoms with E-state index in [-0.39, 0.29) is 11.8 Å². The highest BCUT2D eigenvalue weighted by atomic mass is 16.4. The van der Waals surface area contributed by atoms with E-state index in [4.69, 9.17) is 5.11 Å². The summed E-state index contributed by atoms with van der Waals surface area (Å²) in [7, 11) is 0. The van der Waals surface area contributed by atoms with E-state index in [2.05, 4.69) is 12.2 Å². The van der Waals surface area contributed by atoms with Crippen molar-refractivity contribution < 1.29 is 14.7 Å². The molecule has 1 unspecified atom stereocenters. The minimum Gasteiger partial charge on any atom is -0.481 e. The molecule has 0 saturated carbocycles. The quantitative estimate of drug-likeness (QED) is 0.785. The Labute approximate surface area is 127 Å². The molecule has 0 aromatic rings. The molecular weight excluding hydrogens is 268 g/mol. The zero-order valence-electron chi connectivity index (χ0n) is 13.1. The number of hydrogen-bond acceptors (Lipinski definition) is 3. The van der Waals surface area contributed by atoms with Crippen LogP contribution in [0.15, 0.2) is 0 Å². The summed E-state index contributed by atoms with van der Waals surface area (Å²) in [4.78, 5) is 25.5. The molecule has 2 fully saturated rings. The fraction of sp³-hybridized carbons (Fsp3) is 0.875. The Bertz CT molecular complexity index is 370. The van der Waals surface area contributed by atoms with Crippen LogP contribution in [0.5, 0.6) is 0 Å².